The van der Waals surface area contributed by atoms with Crippen molar-refractivity contribution in [2.24, 2.45) is 11.1 Å². The van der Waals surface area contributed by atoms with Gasteiger partial charge in [0.25, 0.3) is 0 Å². The molecule has 1 saturated heterocycles. The zero-order chi connectivity index (χ0) is 12.3. The number of carboxylic acid groups (broad SMARTS) is 1. The summed E-state index contributed by atoms with van der Waals surface area (Å²) in [6.45, 7) is 4.49. The van der Waals surface area contributed by atoms with Gasteiger partial charge in [0.05, 0.1) is 5.41 Å². The van der Waals surface area contributed by atoms with Gasteiger partial charge in [-0.15, -0.1) is 0 Å². The maximum atomic E-state index is 12.2. The summed E-state index contributed by atoms with van der Waals surface area (Å²) in [6.07, 6.45) is 1.93. The third kappa shape index (κ3) is 2.19. The van der Waals surface area contributed by atoms with Crippen LogP contribution in [-0.2, 0) is 9.59 Å². The summed E-state index contributed by atoms with van der Waals surface area (Å²) >= 11 is 0. The van der Waals surface area contributed by atoms with Crippen molar-refractivity contribution in [2.45, 2.75) is 39.2 Å². The molecule has 1 aliphatic rings. The standard InChI is InChI=1S/C11H20N2O3/c1-3-11(2,7-12)10(16)13-6-4-5-8(13)9(14)15/h8H,3-7,12H2,1-2H3,(H,14,15). The first kappa shape index (κ1) is 13.0. The number of hydrogen-bond donors (Lipinski definition) is 2. The van der Waals surface area contributed by atoms with E-state index >= 15 is 0 Å². The molecule has 3 N–H and O–H groups in total. The van der Waals surface area contributed by atoms with Crippen LogP contribution in [0.4, 0.5) is 0 Å². The zero-order valence-electron chi connectivity index (χ0n) is 9.90. The Morgan fingerprint density at radius 3 is 2.62 bits per heavy atom. The third-order valence-corrected chi connectivity index (χ3v) is 3.55. The van der Waals surface area contributed by atoms with E-state index in [1.807, 2.05) is 6.92 Å². The summed E-state index contributed by atoms with van der Waals surface area (Å²) in [7, 11) is 0. The lowest BCUT2D eigenvalue weighted by atomic mass is 9.86. The van der Waals surface area contributed by atoms with E-state index in [-0.39, 0.29) is 12.5 Å². The maximum absolute atomic E-state index is 12.2. The van der Waals surface area contributed by atoms with Crippen LogP contribution in [0.5, 0.6) is 0 Å². The van der Waals surface area contributed by atoms with Crippen LogP contribution < -0.4 is 5.73 Å². The summed E-state index contributed by atoms with van der Waals surface area (Å²) in [4.78, 5) is 24.7. The van der Waals surface area contributed by atoms with E-state index in [0.717, 1.165) is 6.42 Å². The fourth-order valence-electron chi connectivity index (χ4n) is 2.00. The van der Waals surface area contributed by atoms with Crippen molar-refractivity contribution >= 4 is 11.9 Å². The second-order valence-corrected chi connectivity index (χ2v) is 4.61. The molecule has 1 rings (SSSR count). The lowest BCUT2D eigenvalue weighted by molar-refractivity contribution is -0.152. The Morgan fingerprint density at radius 2 is 2.19 bits per heavy atom. The van der Waals surface area contributed by atoms with E-state index in [9.17, 15) is 9.59 Å². The molecular weight excluding hydrogens is 208 g/mol. The molecule has 0 saturated carbocycles. The number of carboxylic acids is 1. The lowest BCUT2D eigenvalue weighted by Crippen LogP contribution is -2.50. The molecule has 16 heavy (non-hydrogen) atoms. The first-order valence-corrected chi connectivity index (χ1v) is 5.70. The summed E-state index contributed by atoms with van der Waals surface area (Å²) in [6, 6.07) is -0.662. The number of likely N-dealkylation sites (tertiary alicyclic amines) is 1. The van der Waals surface area contributed by atoms with Crippen molar-refractivity contribution in [3.05, 3.63) is 0 Å². The van der Waals surface area contributed by atoms with Gasteiger partial charge in [-0.1, -0.05) is 6.92 Å². The SMILES string of the molecule is CCC(C)(CN)C(=O)N1CCCC1C(=O)O. The quantitative estimate of drug-likeness (QED) is 0.731. The van der Waals surface area contributed by atoms with E-state index in [0.29, 0.717) is 19.4 Å². The Kier molecular flexibility index (Phi) is 3.91. The Balaban J connectivity index is 2.84. The second-order valence-electron chi connectivity index (χ2n) is 4.61. The third-order valence-electron chi connectivity index (χ3n) is 3.55. The van der Waals surface area contributed by atoms with Gasteiger partial charge < -0.3 is 15.7 Å². The van der Waals surface area contributed by atoms with Crippen molar-refractivity contribution in [1.82, 2.24) is 4.90 Å². The minimum atomic E-state index is -0.915. The topological polar surface area (TPSA) is 83.6 Å². The van der Waals surface area contributed by atoms with Gasteiger partial charge in [0.1, 0.15) is 6.04 Å². The van der Waals surface area contributed by atoms with Gasteiger partial charge >= 0.3 is 5.97 Å². The Hall–Kier alpha value is -1.10. The van der Waals surface area contributed by atoms with E-state index < -0.39 is 17.4 Å². The fraction of sp³-hybridized carbons (Fsp3) is 0.818. The monoisotopic (exact) mass is 228 g/mol. The van der Waals surface area contributed by atoms with Crippen LogP contribution in [0.2, 0.25) is 0 Å². The van der Waals surface area contributed by atoms with Crippen molar-refractivity contribution in [1.29, 1.82) is 0 Å². The number of amides is 1. The van der Waals surface area contributed by atoms with Crippen molar-refractivity contribution in [3.8, 4) is 0 Å². The molecule has 1 aliphatic heterocycles. The number of carbonyl (C=O) groups excluding carboxylic acids is 1. The molecular formula is C11H20N2O3. The van der Waals surface area contributed by atoms with Crippen LogP contribution in [-0.4, -0.2) is 41.0 Å². The molecule has 0 radical (unpaired) electrons. The first-order chi connectivity index (χ1) is 7.46. The van der Waals surface area contributed by atoms with Gasteiger partial charge in [-0.05, 0) is 26.2 Å². The molecule has 0 bridgehead atoms. The fourth-order valence-corrected chi connectivity index (χ4v) is 2.00. The summed E-state index contributed by atoms with van der Waals surface area (Å²) < 4.78 is 0. The predicted octanol–water partition coefficient (Wildman–Crippen LogP) is 0.437. The van der Waals surface area contributed by atoms with Crippen LogP contribution in [0, 0.1) is 5.41 Å². The Morgan fingerprint density at radius 1 is 1.56 bits per heavy atom. The molecule has 0 aromatic carbocycles. The summed E-state index contributed by atoms with van der Waals surface area (Å²) in [5.41, 5.74) is 4.99. The minimum absolute atomic E-state index is 0.123. The highest BCUT2D eigenvalue weighted by Crippen LogP contribution is 2.28. The number of aliphatic carboxylic acids is 1. The maximum Gasteiger partial charge on any atom is 0.326 e. The first-order valence-electron chi connectivity index (χ1n) is 5.70. The molecule has 1 fully saturated rings. The molecule has 0 spiro atoms. The van der Waals surface area contributed by atoms with Crippen molar-refractivity contribution in [3.63, 3.8) is 0 Å². The van der Waals surface area contributed by atoms with Crippen LogP contribution in [0.3, 0.4) is 0 Å². The highest BCUT2D eigenvalue weighted by atomic mass is 16.4. The largest absolute Gasteiger partial charge is 0.480 e. The van der Waals surface area contributed by atoms with E-state index in [1.54, 1.807) is 6.92 Å². The van der Waals surface area contributed by atoms with Gasteiger partial charge in [0.2, 0.25) is 5.91 Å². The molecule has 2 unspecified atom stereocenters. The van der Waals surface area contributed by atoms with Crippen molar-refractivity contribution in [2.75, 3.05) is 13.1 Å². The normalized spacial score (nSPS) is 24.2. The highest BCUT2D eigenvalue weighted by molar-refractivity contribution is 5.88. The summed E-state index contributed by atoms with van der Waals surface area (Å²) in [5, 5.41) is 9.02. The number of nitrogens with zero attached hydrogens (tertiary/aromatic N) is 1. The van der Waals surface area contributed by atoms with Crippen LogP contribution in [0.15, 0.2) is 0 Å². The van der Waals surface area contributed by atoms with Crippen LogP contribution >= 0.6 is 0 Å². The molecule has 92 valence electrons. The van der Waals surface area contributed by atoms with E-state index in [4.69, 9.17) is 10.8 Å². The number of rotatable bonds is 4. The van der Waals surface area contributed by atoms with Gasteiger partial charge in [0.15, 0.2) is 0 Å². The molecule has 0 aromatic rings. The average molecular weight is 228 g/mol. The van der Waals surface area contributed by atoms with Crippen LogP contribution in [0.1, 0.15) is 33.1 Å². The number of nitrogens with two attached hydrogens (primary N) is 1. The van der Waals surface area contributed by atoms with E-state index in [2.05, 4.69) is 0 Å². The molecule has 5 nitrogen and oxygen atoms in total. The number of hydrogen-bond acceptors (Lipinski definition) is 3. The number of carbonyl (C=O) groups is 2. The van der Waals surface area contributed by atoms with Crippen LogP contribution in [0.25, 0.3) is 0 Å². The predicted molar refractivity (Wildman–Crippen MR) is 59.8 cm³/mol. The second kappa shape index (κ2) is 4.82. The molecule has 1 amide bonds. The van der Waals surface area contributed by atoms with Gasteiger partial charge in [-0.2, -0.15) is 0 Å². The Bertz CT molecular complexity index is 287. The molecule has 0 aliphatic carbocycles. The molecule has 1 heterocycles. The van der Waals surface area contributed by atoms with Crippen molar-refractivity contribution < 1.29 is 14.7 Å². The van der Waals surface area contributed by atoms with Gasteiger partial charge in [0, 0.05) is 13.1 Å². The average Bonchev–Trinajstić information content (AvgIpc) is 2.75. The molecule has 2 atom stereocenters. The summed E-state index contributed by atoms with van der Waals surface area (Å²) in [5.74, 6) is -1.04. The van der Waals surface area contributed by atoms with Gasteiger partial charge in [-0.3, -0.25) is 4.79 Å². The van der Waals surface area contributed by atoms with E-state index in [1.165, 1.54) is 4.90 Å². The lowest BCUT2D eigenvalue weighted by Gasteiger charge is -2.32. The van der Waals surface area contributed by atoms with Gasteiger partial charge in [-0.25, -0.2) is 4.79 Å². The molecule has 5 heteroatoms. The minimum Gasteiger partial charge on any atom is -0.480 e. The Labute approximate surface area is 95.6 Å². The smallest absolute Gasteiger partial charge is 0.326 e. The highest BCUT2D eigenvalue weighted by Gasteiger charge is 2.41. The zero-order valence-corrected chi connectivity index (χ0v) is 9.90. The molecule has 0 aromatic heterocycles.